The Labute approximate surface area is 145 Å². The average Bonchev–Trinajstić information content (AvgIpc) is 3.28. The van der Waals surface area contributed by atoms with Gasteiger partial charge >= 0.3 is 10.1 Å². The summed E-state index contributed by atoms with van der Waals surface area (Å²) in [4.78, 5) is 14.5. The Morgan fingerprint density at radius 1 is 1.25 bits per heavy atom. The SMILES string of the molecule is CCS(=O)(=O)Oc1ccccc1CN(C(=O)CC(C)(C)C)C1CC1. The third-order valence-corrected chi connectivity index (χ3v) is 5.01. The van der Waals surface area contributed by atoms with Crippen LogP contribution in [0, 0.1) is 5.41 Å². The summed E-state index contributed by atoms with van der Waals surface area (Å²) in [6.07, 6.45) is 2.48. The maximum absolute atomic E-state index is 12.7. The Bertz CT molecular complexity index is 687. The molecule has 0 heterocycles. The third-order valence-electron chi connectivity index (χ3n) is 3.87. The van der Waals surface area contributed by atoms with Crippen LogP contribution in [0.5, 0.6) is 5.75 Å². The summed E-state index contributed by atoms with van der Waals surface area (Å²) in [7, 11) is -3.59. The Morgan fingerprint density at radius 2 is 1.88 bits per heavy atom. The molecule has 2 rings (SSSR count). The minimum Gasteiger partial charge on any atom is -0.382 e. The molecule has 1 fully saturated rings. The van der Waals surface area contributed by atoms with E-state index in [1.54, 1.807) is 19.1 Å². The van der Waals surface area contributed by atoms with E-state index in [-0.39, 0.29) is 23.1 Å². The smallest absolute Gasteiger partial charge is 0.308 e. The topological polar surface area (TPSA) is 63.7 Å². The largest absolute Gasteiger partial charge is 0.382 e. The van der Waals surface area contributed by atoms with Crippen LogP contribution in [0.3, 0.4) is 0 Å². The van der Waals surface area contributed by atoms with Gasteiger partial charge < -0.3 is 9.08 Å². The van der Waals surface area contributed by atoms with Crippen LogP contribution in [0.25, 0.3) is 0 Å². The second-order valence-electron chi connectivity index (χ2n) is 7.53. The molecular weight excluding hydrogens is 326 g/mol. The number of benzene rings is 1. The van der Waals surface area contributed by atoms with Crippen LogP contribution in [0.2, 0.25) is 0 Å². The van der Waals surface area contributed by atoms with Gasteiger partial charge in [-0.15, -0.1) is 0 Å². The highest BCUT2D eigenvalue weighted by atomic mass is 32.2. The van der Waals surface area contributed by atoms with Gasteiger partial charge in [-0.25, -0.2) is 0 Å². The normalized spacial score (nSPS) is 15.2. The zero-order valence-corrected chi connectivity index (χ0v) is 15.7. The van der Waals surface area contributed by atoms with Gasteiger partial charge in [0.1, 0.15) is 5.75 Å². The first-order valence-electron chi connectivity index (χ1n) is 8.41. The summed E-state index contributed by atoms with van der Waals surface area (Å²) in [6.45, 7) is 8.05. The van der Waals surface area contributed by atoms with E-state index in [2.05, 4.69) is 0 Å². The fourth-order valence-corrected chi connectivity index (χ4v) is 3.01. The molecule has 1 aliphatic carbocycles. The lowest BCUT2D eigenvalue weighted by atomic mass is 9.91. The second-order valence-corrected chi connectivity index (χ2v) is 9.39. The quantitative estimate of drug-likeness (QED) is 0.705. The molecule has 0 N–H and O–H groups in total. The zero-order valence-electron chi connectivity index (χ0n) is 14.9. The van der Waals surface area contributed by atoms with Crippen LogP contribution in [0.1, 0.15) is 52.5 Å². The minimum atomic E-state index is -3.59. The van der Waals surface area contributed by atoms with Crippen molar-refractivity contribution in [3.63, 3.8) is 0 Å². The molecular formula is C18H27NO4S. The van der Waals surface area contributed by atoms with Crippen LogP contribution in [-0.2, 0) is 21.5 Å². The standard InChI is InChI=1S/C18H27NO4S/c1-5-24(21,22)23-16-9-7-6-8-14(16)13-19(15-10-11-15)17(20)12-18(2,3)4/h6-9,15H,5,10-13H2,1-4H3. The van der Waals surface area contributed by atoms with Crippen molar-refractivity contribution in [2.75, 3.05) is 5.75 Å². The highest BCUT2D eigenvalue weighted by Crippen LogP contribution is 2.33. The van der Waals surface area contributed by atoms with Crippen LogP contribution >= 0.6 is 0 Å². The molecule has 1 aromatic rings. The van der Waals surface area contributed by atoms with Gasteiger partial charge in [0, 0.05) is 24.6 Å². The first-order valence-corrected chi connectivity index (χ1v) is 9.98. The number of nitrogens with zero attached hydrogens (tertiary/aromatic N) is 1. The average molecular weight is 353 g/mol. The molecule has 1 amide bonds. The van der Waals surface area contributed by atoms with Gasteiger partial charge in [-0.3, -0.25) is 4.79 Å². The molecule has 1 aliphatic rings. The molecule has 0 unspecified atom stereocenters. The first-order chi connectivity index (χ1) is 11.1. The van der Waals surface area contributed by atoms with Gasteiger partial charge in [0.15, 0.2) is 0 Å². The molecule has 6 heteroatoms. The molecule has 0 aliphatic heterocycles. The van der Waals surface area contributed by atoms with Crippen molar-refractivity contribution in [1.82, 2.24) is 4.90 Å². The number of carbonyl (C=O) groups excluding carboxylic acids is 1. The monoisotopic (exact) mass is 353 g/mol. The molecule has 0 bridgehead atoms. The molecule has 1 saturated carbocycles. The minimum absolute atomic E-state index is 0.0776. The molecule has 0 saturated heterocycles. The van der Waals surface area contributed by atoms with E-state index in [4.69, 9.17) is 4.18 Å². The van der Waals surface area contributed by atoms with Crippen molar-refractivity contribution in [1.29, 1.82) is 0 Å². The lowest BCUT2D eigenvalue weighted by Crippen LogP contribution is -2.35. The molecule has 134 valence electrons. The fourth-order valence-electron chi connectivity index (χ4n) is 2.46. The molecule has 0 spiro atoms. The second kappa shape index (κ2) is 7.13. The predicted octanol–water partition coefficient (Wildman–Crippen LogP) is 3.34. The number of hydrogen-bond donors (Lipinski definition) is 0. The van der Waals surface area contributed by atoms with E-state index < -0.39 is 10.1 Å². The number of rotatable bonds is 7. The number of hydrogen-bond acceptors (Lipinski definition) is 4. The van der Waals surface area contributed by atoms with Crippen molar-refractivity contribution in [2.24, 2.45) is 5.41 Å². The summed E-state index contributed by atoms with van der Waals surface area (Å²) in [5, 5.41) is 0. The van der Waals surface area contributed by atoms with Gasteiger partial charge in [0.2, 0.25) is 5.91 Å². The van der Waals surface area contributed by atoms with E-state index in [0.29, 0.717) is 18.7 Å². The fraction of sp³-hybridized carbons (Fsp3) is 0.611. The van der Waals surface area contributed by atoms with E-state index >= 15 is 0 Å². The molecule has 0 aromatic heterocycles. The number of amides is 1. The van der Waals surface area contributed by atoms with Crippen molar-refractivity contribution in [2.45, 2.75) is 59.5 Å². The molecule has 0 atom stereocenters. The van der Waals surface area contributed by atoms with Crippen molar-refractivity contribution in [3.8, 4) is 5.75 Å². The van der Waals surface area contributed by atoms with Gasteiger partial charge in [0.25, 0.3) is 0 Å². The van der Waals surface area contributed by atoms with Gasteiger partial charge in [-0.2, -0.15) is 8.42 Å². The maximum Gasteiger partial charge on any atom is 0.308 e. The third kappa shape index (κ3) is 5.51. The van der Waals surface area contributed by atoms with E-state index in [9.17, 15) is 13.2 Å². The van der Waals surface area contributed by atoms with Crippen LogP contribution in [0.4, 0.5) is 0 Å². The Hall–Kier alpha value is -1.56. The van der Waals surface area contributed by atoms with Crippen molar-refractivity contribution >= 4 is 16.0 Å². The first kappa shape index (κ1) is 18.8. The summed E-state index contributed by atoms with van der Waals surface area (Å²) in [6, 6.07) is 7.29. The maximum atomic E-state index is 12.7. The van der Waals surface area contributed by atoms with Gasteiger partial charge in [-0.1, -0.05) is 39.0 Å². The van der Waals surface area contributed by atoms with Crippen molar-refractivity contribution < 1.29 is 17.4 Å². The number of carbonyl (C=O) groups is 1. The molecule has 1 aromatic carbocycles. The highest BCUT2D eigenvalue weighted by Gasteiger charge is 2.34. The van der Waals surface area contributed by atoms with Gasteiger partial charge in [0.05, 0.1) is 5.75 Å². The predicted molar refractivity (Wildman–Crippen MR) is 94.2 cm³/mol. The van der Waals surface area contributed by atoms with E-state index in [1.807, 2.05) is 37.8 Å². The van der Waals surface area contributed by atoms with Crippen LogP contribution in [-0.4, -0.2) is 31.0 Å². The molecule has 24 heavy (non-hydrogen) atoms. The lowest BCUT2D eigenvalue weighted by molar-refractivity contribution is -0.134. The summed E-state index contributed by atoms with van der Waals surface area (Å²) in [5.41, 5.74) is 0.648. The summed E-state index contributed by atoms with van der Waals surface area (Å²) >= 11 is 0. The zero-order chi connectivity index (χ0) is 18.0. The Balaban J connectivity index is 2.20. The summed E-state index contributed by atoms with van der Waals surface area (Å²) in [5.74, 6) is 0.336. The van der Waals surface area contributed by atoms with Crippen molar-refractivity contribution in [3.05, 3.63) is 29.8 Å². The Morgan fingerprint density at radius 3 is 2.42 bits per heavy atom. The Kier molecular flexibility index (Phi) is 5.58. The molecule has 0 radical (unpaired) electrons. The van der Waals surface area contributed by atoms with Crippen LogP contribution in [0.15, 0.2) is 24.3 Å². The summed E-state index contributed by atoms with van der Waals surface area (Å²) < 4.78 is 28.7. The van der Waals surface area contributed by atoms with Crippen LogP contribution < -0.4 is 4.18 Å². The lowest BCUT2D eigenvalue weighted by Gasteiger charge is -2.27. The van der Waals surface area contributed by atoms with Gasteiger partial charge in [-0.05, 0) is 31.2 Å². The highest BCUT2D eigenvalue weighted by molar-refractivity contribution is 7.87. The van der Waals surface area contributed by atoms with E-state index in [1.165, 1.54) is 0 Å². The van der Waals surface area contributed by atoms with E-state index in [0.717, 1.165) is 18.4 Å². The number of para-hydroxylation sites is 1. The molecule has 5 nitrogen and oxygen atoms in total.